The first-order chi connectivity index (χ1) is 9.22. The molecule has 6 nitrogen and oxygen atoms in total. The lowest BCUT2D eigenvalue weighted by molar-refractivity contribution is 0.103. The molecule has 2 rings (SSSR count). The number of ether oxygens (including phenoxy) is 3. The van der Waals surface area contributed by atoms with Crippen LogP contribution in [-0.4, -0.2) is 38.2 Å². The van der Waals surface area contributed by atoms with Crippen LogP contribution in [0.2, 0.25) is 0 Å². The lowest BCUT2D eigenvalue weighted by Gasteiger charge is -2.14. The highest BCUT2D eigenvalue weighted by atomic mass is 16.6. The number of carbonyl (C=O) groups excluding carboxylic acids is 2. The molecule has 0 aromatic heterocycles. The summed E-state index contributed by atoms with van der Waals surface area (Å²) in [5.41, 5.74) is 0.518. The number of hydrogen-bond acceptors (Lipinski definition) is 5. The van der Waals surface area contributed by atoms with Crippen molar-refractivity contribution in [3.8, 4) is 11.5 Å². The average molecular weight is 265 g/mol. The van der Waals surface area contributed by atoms with E-state index in [1.165, 1.54) is 0 Å². The molecule has 1 saturated heterocycles. The fourth-order valence-electron chi connectivity index (χ4n) is 1.69. The van der Waals surface area contributed by atoms with Gasteiger partial charge < -0.3 is 19.5 Å². The van der Waals surface area contributed by atoms with E-state index in [0.717, 1.165) is 6.29 Å². The van der Waals surface area contributed by atoms with Gasteiger partial charge in [-0.25, -0.2) is 4.79 Å². The van der Waals surface area contributed by atoms with E-state index in [1.54, 1.807) is 18.2 Å². The van der Waals surface area contributed by atoms with Crippen molar-refractivity contribution in [1.82, 2.24) is 5.32 Å². The minimum absolute atomic E-state index is 0.235. The highest BCUT2D eigenvalue weighted by molar-refractivity contribution is 5.76. The topological polar surface area (TPSA) is 73.9 Å². The summed E-state index contributed by atoms with van der Waals surface area (Å²) in [4.78, 5) is 21.6. The second-order valence-corrected chi connectivity index (χ2v) is 3.98. The van der Waals surface area contributed by atoms with E-state index < -0.39 is 6.09 Å². The molecule has 1 amide bonds. The van der Waals surface area contributed by atoms with Crippen LogP contribution < -0.4 is 14.8 Å². The Kier molecular flexibility index (Phi) is 4.22. The zero-order chi connectivity index (χ0) is 13.7. The average Bonchev–Trinajstić information content (AvgIpc) is 2.83. The standard InChI is InChI=1S/C13H15NO5/c1-2-17-12-5-9(7-15)3-4-11(12)18-8-10-6-14-13(16)19-10/h3-5,7,10H,2,6,8H2,1H3,(H,14,16). The van der Waals surface area contributed by atoms with E-state index in [-0.39, 0.29) is 12.7 Å². The van der Waals surface area contributed by atoms with Gasteiger partial charge in [0.05, 0.1) is 13.2 Å². The van der Waals surface area contributed by atoms with Gasteiger partial charge in [-0.2, -0.15) is 0 Å². The molecular formula is C13H15NO5. The summed E-state index contributed by atoms with van der Waals surface area (Å²) < 4.78 is 15.9. The van der Waals surface area contributed by atoms with E-state index in [0.29, 0.717) is 30.2 Å². The fourth-order valence-corrected chi connectivity index (χ4v) is 1.69. The molecule has 1 atom stereocenters. The first-order valence-electron chi connectivity index (χ1n) is 6.02. The van der Waals surface area contributed by atoms with E-state index >= 15 is 0 Å². The first-order valence-corrected chi connectivity index (χ1v) is 6.02. The number of amides is 1. The van der Waals surface area contributed by atoms with Crippen LogP contribution in [0.15, 0.2) is 18.2 Å². The maximum Gasteiger partial charge on any atom is 0.407 e. The summed E-state index contributed by atoms with van der Waals surface area (Å²) in [6, 6.07) is 4.92. The van der Waals surface area contributed by atoms with Gasteiger partial charge in [0.1, 0.15) is 12.9 Å². The molecule has 1 aromatic carbocycles. The number of alkyl carbamates (subject to hydrolysis) is 1. The Morgan fingerprint density at radius 3 is 2.89 bits per heavy atom. The van der Waals surface area contributed by atoms with Crippen LogP contribution in [0.25, 0.3) is 0 Å². The predicted molar refractivity (Wildman–Crippen MR) is 66.8 cm³/mol. The van der Waals surface area contributed by atoms with Crippen LogP contribution in [0.5, 0.6) is 11.5 Å². The van der Waals surface area contributed by atoms with Gasteiger partial charge in [-0.15, -0.1) is 0 Å². The number of hydrogen-bond donors (Lipinski definition) is 1. The zero-order valence-electron chi connectivity index (χ0n) is 10.5. The third-order valence-electron chi connectivity index (χ3n) is 2.58. The van der Waals surface area contributed by atoms with Crippen molar-refractivity contribution in [2.45, 2.75) is 13.0 Å². The second kappa shape index (κ2) is 6.08. The van der Waals surface area contributed by atoms with Crippen molar-refractivity contribution in [2.75, 3.05) is 19.8 Å². The molecule has 1 aliphatic rings. The summed E-state index contributed by atoms with van der Waals surface area (Å²) in [5, 5.41) is 2.55. The molecule has 1 heterocycles. The van der Waals surface area contributed by atoms with Crippen LogP contribution in [-0.2, 0) is 4.74 Å². The highest BCUT2D eigenvalue weighted by Crippen LogP contribution is 2.28. The van der Waals surface area contributed by atoms with Gasteiger partial charge in [0.15, 0.2) is 17.6 Å². The van der Waals surface area contributed by atoms with Gasteiger partial charge >= 0.3 is 6.09 Å². The quantitative estimate of drug-likeness (QED) is 0.787. The summed E-state index contributed by atoms with van der Waals surface area (Å²) in [5.74, 6) is 1.03. The van der Waals surface area contributed by atoms with Crippen LogP contribution in [0.4, 0.5) is 4.79 Å². The number of cyclic esters (lactones) is 1. The maximum absolute atomic E-state index is 10.9. The number of aldehydes is 1. The molecule has 0 bridgehead atoms. The third kappa shape index (κ3) is 3.37. The Morgan fingerprint density at radius 1 is 1.42 bits per heavy atom. The van der Waals surface area contributed by atoms with Gasteiger partial charge in [0.2, 0.25) is 0 Å². The van der Waals surface area contributed by atoms with Crippen molar-refractivity contribution < 1.29 is 23.8 Å². The number of carbonyl (C=O) groups is 2. The molecule has 6 heteroatoms. The molecule has 1 aromatic rings. The number of nitrogens with one attached hydrogen (secondary N) is 1. The smallest absolute Gasteiger partial charge is 0.407 e. The molecule has 102 valence electrons. The summed E-state index contributed by atoms with van der Waals surface area (Å²) in [6.07, 6.45) is -0.00253. The van der Waals surface area contributed by atoms with E-state index in [1.807, 2.05) is 6.92 Å². The second-order valence-electron chi connectivity index (χ2n) is 3.98. The van der Waals surface area contributed by atoms with Crippen LogP contribution >= 0.6 is 0 Å². The number of rotatable bonds is 6. The molecular weight excluding hydrogens is 250 g/mol. The fraction of sp³-hybridized carbons (Fsp3) is 0.385. The van der Waals surface area contributed by atoms with Gasteiger partial charge in [-0.05, 0) is 25.1 Å². The Morgan fingerprint density at radius 2 is 2.26 bits per heavy atom. The minimum Gasteiger partial charge on any atom is -0.490 e. The van der Waals surface area contributed by atoms with E-state index in [4.69, 9.17) is 14.2 Å². The Balaban J connectivity index is 2.02. The van der Waals surface area contributed by atoms with Crippen molar-refractivity contribution in [3.63, 3.8) is 0 Å². The molecule has 0 spiro atoms. The molecule has 1 aliphatic heterocycles. The predicted octanol–water partition coefficient (Wildman–Crippen LogP) is 1.39. The maximum atomic E-state index is 10.9. The lowest BCUT2D eigenvalue weighted by atomic mass is 10.2. The van der Waals surface area contributed by atoms with Crippen molar-refractivity contribution in [3.05, 3.63) is 23.8 Å². The van der Waals surface area contributed by atoms with Crippen LogP contribution in [0.3, 0.4) is 0 Å². The van der Waals surface area contributed by atoms with Crippen molar-refractivity contribution in [2.24, 2.45) is 0 Å². The summed E-state index contributed by atoms with van der Waals surface area (Å²) >= 11 is 0. The highest BCUT2D eigenvalue weighted by Gasteiger charge is 2.23. The van der Waals surface area contributed by atoms with Gasteiger partial charge in [-0.1, -0.05) is 0 Å². The number of benzene rings is 1. The van der Waals surface area contributed by atoms with Gasteiger partial charge in [-0.3, -0.25) is 4.79 Å². The molecule has 0 radical (unpaired) electrons. The monoisotopic (exact) mass is 265 g/mol. The van der Waals surface area contributed by atoms with Gasteiger partial charge in [0, 0.05) is 5.56 Å². The summed E-state index contributed by atoms with van der Waals surface area (Å²) in [6.45, 7) is 2.98. The third-order valence-corrected chi connectivity index (χ3v) is 2.58. The Bertz CT molecular complexity index is 474. The van der Waals surface area contributed by atoms with Crippen LogP contribution in [0, 0.1) is 0 Å². The molecule has 1 unspecified atom stereocenters. The molecule has 0 saturated carbocycles. The normalized spacial score (nSPS) is 17.5. The summed E-state index contributed by atoms with van der Waals surface area (Å²) in [7, 11) is 0. The van der Waals surface area contributed by atoms with E-state index in [2.05, 4.69) is 5.32 Å². The first kappa shape index (κ1) is 13.2. The van der Waals surface area contributed by atoms with Gasteiger partial charge in [0.25, 0.3) is 0 Å². The molecule has 0 aliphatic carbocycles. The zero-order valence-corrected chi connectivity index (χ0v) is 10.5. The lowest BCUT2D eigenvalue weighted by Crippen LogP contribution is -2.22. The molecule has 1 fully saturated rings. The molecule has 1 N–H and O–H groups in total. The SMILES string of the molecule is CCOc1cc(C=O)ccc1OCC1CNC(=O)O1. The largest absolute Gasteiger partial charge is 0.490 e. The van der Waals surface area contributed by atoms with Crippen molar-refractivity contribution >= 4 is 12.4 Å². The molecule has 19 heavy (non-hydrogen) atoms. The van der Waals surface area contributed by atoms with Crippen LogP contribution in [0.1, 0.15) is 17.3 Å². The minimum atomic E-state index is -0.435. The van der Waals surface area contributed by atoms with Crippen molar-refractivity contribution in [1.29, 1.82) is 0 Å². The Hall–Kier alpha value is -2.24. The Labute approximate surface area is 110 Å². The van der Waals surface area contributed by atoms with E-state index in [9.17, 15) is 9.59 Å².